The van der Waals surface area contributed by atoms with Crippen molar-refractivity contribution in [2.24, 2.45) is 29.6 Å². The van der Waals surface area contributed by atoms with Crippen molar-refractivity contribution in [2.75, 3.05) is 20.0 Å². The largest absolute Gasteiger partial charge is 0.463 e. The quantitative estimate of drug-likeness (QED) is 0.497. The molecule has 2 fully saturated rings. The van der Waals surface area contributed by atoms with Crippen LogP contribution in [-0.4, -0.2) is 38.8 Å². The average Bonchev–Trinajstić information content (AvgIpc) is 3.05. The van der Waals surface area contributed by atoms with E-state index in [-0.39, 0.29) is 18.5 Å². The predicted octanol–water partition coefficient (Wildman–Crippen LogP) is 5.12. The zero-order chi connectivity index (χ0) is 19.8. The molecule has 2 saturated carbocycles. The van der Waals surface area contributed by atoms with Crippen LogP contribution < -0.4 is 0 Å². The van der Waals surface area contributed by atoms with Crippen molar-refractivity contribution in [3.63, 3.8) is 0 Å². The standard InChI is InChI=1S/C12H19FO2.C2H2F4.CHF3/c1-7-8(2)10-5-9(7)6-11(10)12(14)15-4-3-13;3-1-2(4,5)6;2-1(3)4/h7-11H,3-6H2,1-2H3;1H2;1H. The first-order chi connectivity index (χ1) is 11.4. The van der Waals surface area contributed by atoms with Crippen molar-refractivity contribution >= 4 is 5.97 Å². The summed E-state index contributed by atoms with van der Waals surface area (Å²) in [7, 11) is 0. The molecule has 5 unspecified atom stereocenters. The van der Waals surface area contributed by atoms with Gasteiger partial charge in [0, 0.05) is 0 Å². The second-order valence-corrected chi connectivity index (χ2v) is 6.07. The molecule has 0 saturated heterocycles. The van der Waals surface area contributed by atoms with Crippen molar-refractivity contribution in [3.05, 3.63) is 0 Å². The molecule has 0 aromatic carbocycles. The van der Waals surface area contributed by atoms with Crippen molar-refractivity contribution in [1.29, 1.82) is 0 Å². The number of halogens is 8. The summed E-state index contributed by atoms with van der Waals surface area (Å²) < 4.78 is 87.4. The molecule has 25 heavy (non-hydrogen) atoms. The highest BCUT2D eigenvalue weighted by molar-refractivity contribution is 5.73. The average molecular weight is 386 g/mol. The van der Waals surface area contributed by atoms with E-state index in [4.69, 9.17) is 4.74 Å². The van der Waals surface area contributed by atoms with Crippen LogP contribution in [0.15, 0.2) is 0 Å². The van der Waals surface area contributed by atoms with Crippen LogP contribution in [0.5, 0.6) is 0 Å². The van der Waals surface area contributed by atoms with Gasteiger partial charge in [0.1, 0.15) is 13.3 Å². The number of esters is 1. The highest BCUT2D eigenvalue weighted by atomic mass is 19.4. The highest BCUT2D eigenvalue weighted by Gasteiger charge is 2.51. The molecular weight excluding hydrogens is 364 g/mol. The van der Waals surface area contributed by atoms with Gasteiger partial charge in [-0.05, 0) is 36.5 Å². The number of carbonyl (C=O) groups excluding carboxylic acids is 1. The predicted molar refractivity (Wildman–Crippen MR) is 74.1 cm³/mol. The third-order valence-electron chi connectivity index (χ3n) is 4.67. The lowest BCUT2D eigenvalue weighted by molar-refractivity contribution is -0.151. The molecule has 0 aliphatic heterocycles. The first-order valence-corrected chi connectivity index (χ1v) is 7.72. The molecule has 2 aliphatic carbocycles. The summed E-state index contributed by atoms with van der Waals surface area (Å²) in [5, 5.41) is 0. The van der Waals surface area contributed by atoms with Crippen LogP contribution >= 0.6 is 0 Å². The molecule has 5 atom stereocenters. The summed E-state index contributed by atoms with van der Waals surface area (Å²) in [5.74, 6) is 2.41. The van der Waals surface area contributed by atoms with Gasteiger partial charge in [0.05, 0.1) is 5.92 Å². The number of hydrogen-bond acceptors (Lipinski definition) is 2. The molecule has 2 bridgehead atoms. The molecule has 0 N–H and O–H groups in total. The Bertz CT molecular complexity index is 383. The van der Waals surface area contributed by atoms with Crippen LogP contribution in [0.25, 0.3) is 0 Å². The Morgan fingerprint density at radius 1 is 1.08 bits per heavy atom. The molecule has 2 rings (SSSR count). The maximum absolute atomic E-state index is 11.9. The van der Waals surface area contributed by atoms with Crippen LogP contribution in [0.1, 0.15) is 26.7 Å². The van der Waals surface area contributed by atoms with Gasteiger partial charge >= 0.3 is 18.8 Å². The van der Waals surface area contributed by atoms with Crippen LogP contribution in [0.2, 0.25) is 0 Å². The fourth-order valence-corrected chi connectivity index (χ4v) is 3.46. The summed E-state index contributed by atoms with van der Waals surface area (Å²) in [6.45, 7) is -2.04. The smallest absolute Gasteiger partial charge is 0.416 e. The van der Waals surface area contributed by atoms with Crippen molar-refractivity contribution < 1.29 is 44.7 Å². The van der Waals surface area contributed by atoms with E-state index < -0.39 is 26.2 Å². The van der Waals surface area contributed by atoms with E-state index in [9.17, 15) is 39.9 Å². The fraction of sp³-hybridized carbons (Fsp3) is 0.933. The Kier molecular flexibility index (Phi) is 10.3. The van der Waals surface area contributed by atoms with E-state index in [0.29, 0.717) is 17.8 Å². The first kappa shape index (κ1) is 23.9. The zero-order valence-electron chi connectivity index (χ0n) is 13.8. The lowest BCUT2D eigenvalue weighted by atomic mass is 9.76. The van der Waals surface area contributed by atoms with Gasteiger partial charge in [0.15, 0.2) is 6.67 Å². The summed E-state index contributed by atoms with van der Waals surface area (Å²) in [5.41, 5.74) is 0. The third-order valence-corrected chi connectivity index (χ3v) is 4.67. The van der Waals surface area contributed by atoms with Crippen molar-refractivity contribution in [2.45, 2.75) is 39.5 Å². The van der Waals surface area contributed by atoms with E-state index in [1.54, 1.807) is 0 Å². The Morgan fingerprint density at radius 2 is 1.56 bits per heavy atom. The molecule has 2 nitrogen and oxygen atoms in total. The topological polar surface area (TPSA) is 26.3 Å². The number of fused-ring (bicyclic) bond motifs is 2. The zero-order valence-corrected chi connectivity index (χ0v) is 13.8. The van der Waals surface area contributed by atoms with E-state index in [1.165, 1.54) is 0 Å². The van der Waals surface area contributed by atoms with Gasteiger partial charge in [-0.1, -0.05) is 13.8 Å². The Balaban J connectivity index is 0.000000481. The SMILES string of the molecule is CC1C2CC(C(=O)OCCF)C(C2)C1C.FC(F)F.FCC(F)(F)F. The molecule has 0 heterocycles. The van der Waals surface area contributed by atoms with Gasteiger partial charge in [-0.25, -0.2) is 8.78 Å². The van der Waals surface area contributed by atoms with Crippen LogP contribution in [0, 0.1) is 29.6 Å². The molecule has 0 aromatic heterocycles. The molecule has 0 radical (unpaired) electrons. The Hall–Kier alpha value is -1.09. The van der Waals surface area contributed by atoms with Crippen molar-refractivity contribution in [1.82, 2.24) is 0 Å². The summed E-state index contributed by atoms with van der Waals surface area (Å²) >= 11 is 0. The maximum Gasteiger partial charge on any atom is 0.416 e. The van der Waals surface area contributed by atoms with E-state index in [2.05, 4.69) is 13.8 Å². The summed E-state index contributed by atoms with van der Waals surface area (Å²) in [6.07, 6.45) is -2.50. The molecule has 0 amide bonds. The highest BCUT2D eigenvalue weighted by Crippen LogP contribution is 2.55. The van der Waals surface area contributed by atoms with E-state index in [0.717, 1.165) is 18.8 Å². The molecule has 0 spiro atoms. The molecule has 150 valence electrons. The minimum atomic E-state index is -4.62. The second-order valence-electron chi connectivity index (χ2n) is 6.07. The van der Waals surface area contributed by atoms with Gasteiger partial charge < -0.3 is 4.74 Å². The normalized spacial score (nSPS) is 30.3. The molecular formula is C15H22F8O2. The van der Waals surface area contributed by atoms with Gasteiger partial charge in [-0.15, -0.1) is 0 Å². The number of rotatable bonds is 3. The molecule has 2 aliphatic rings. The number of ether oxygens (including phenoxy) is 1. The molecule has 0 aromatic rings. The Morgan fingerprint density at radius 3 is 1.88 bits per heavy atom. The summed E-state index contributed by atoms with van der Waals surface area (Å²) in [6, 6.07) is 0. The van der Waals surface area contributed by atoms with Gasteiger partial charge in [-0.2, -0.15) is 26.3 Å². The third kappa shape index (κ3) is 8.71. The van der Waals surface area contributed by atoms with Crippen LogP contribution in [-0.2, 0) is 9.53 Å². The summed E-state index contributed by atoms with van der Waals surface area (Å²) in [4.78, 5) is 11.7. The lowest BCUT2D eigenvalue weighted by Crippen LogP contribution is -2.31. The van der Waals surface area contributed by atoms with Crippen LogP contribution in [0.3, 0.4) is 0 Å². The monoisotopic (exact) mass is 386 g/mol. The van der Waals surface area contributed by atoms with Crippen LogP contribution in [0.4, 0.5) is 35.1 Å². The van der Waals surface area contributed by atoms with Crippen molar-refractivity contribution in [3.8, 4) is 0 Å². The van der Waals surface area contributed by atoms with Gasteiger partial charge in [0.25, 0.3) is 0 Å². The number of hydrogen-bond donors (Lipinski definition) is 0. The fourth-order valence-electron chi connectivity index (χ4n) is 3.46. The first-order valence-electron chi connectivity index (χ1n) is 7.72. The Labute approximate surface area is 140 Å². The maximum atomic E-state index is 11.9. The number of alkyl halides is 8. The second kappa shape index (κ2) is 10.8. The van der Waals surface area contributed by atoms with E-state index >= 15 is 0 Å². The van der Waals surface area contributed by atoms with Gasteiger partial charge in [0.2, 0.25) is 0 Å². The van der Waals surface area contributed by atoms with E-state index in [1.807, 2.05) is 0 Å². The van der Waals surface area contributed by atoms with Gasteiger partial charge in [-0.3, -0.25) is 4.79 Å². The molecule has 10 heteroatoms. The lowest BCUT2D eigenvalue weighted by Gasteiger charge is -2.30. The minimum absolute atomic E-state index is 0.0488. The number of carbonyl (C=O) groups is 1. The minimum Gasteiger partial charge on any atom is -0.463 e.